The van der Waals surface area contributed by atoms with E-state index in [1.807, 2.05) is 0 Å². The Kier molecular flexibility index (Phi) is 4.91. The van der Waals surface area contributed by atoms with Gasteiger partial charge in [-0.15, -0.1) is 0 Å². The lowest BCUT2D eigenvalue weighted by atomic mass is 10.2. The van der Waals surface area contributed by atoms with Crippen LogP contribution < -0.4 is 5.32 Å². The van der Waals surface area contributed by atoms with Gasteiger partial charge in [-0.05, 0) is 6.92 Å². The van der Waals surface area contributed by atoms with Crippen molar-refractivity contribution in [2.24, 2.45) is 0 Å². The van der Waals surface area contributed by atoms with E-state index in [9.17, 15) is 13.2 Å². The zero-order valence-electron chi connectivity index (χ0n) is 10.5. The number of hydrogen-bond donors (Lipinski definition) is 1. The molecule has 0 saturated carbocycles. The Bertz CT molecular complexity index is 363. The molecular weight excluding hydrogens is 244 g/mol. The van der Waals surface area contributed by atoms with Gasteiger partial charge < -0.3 is 15.0 Å². The largest absolute Gasteiger partial charge is 0.374 e. The van der Waals surface area contributed by atoms with Crippen LogP contribution in [0.2, 0.25) is 0 Å². The first-order chi connectivity index (χ1) is 7.82. The summed E-state index contributed by atoms with van der Waals surface area (Å²) < 4.78 is 28.0. The van der Waals surface area contributed by atoms with Crippen LogP contribution in [-0.4, -0.2) is 70.1 Å². The number of morpholine rings is 1. The van der Waals surface area contributed by atoms with Gasteiger partial charge in [-0.1, -0.05) is 0 Å². The second-order valence-corrected chi connectivity index (χ2v) is 6.75. The van der Waals surface area contributed by atoms with Crippen molar-refractivity contribution in [1.29, 1.82) is 0 Å². The zero-order valence-corrected chi connectivity index (χ0v) is 11.3. The quantitative estimate of drug-likeness (QED) is 0.695. The van der Waals surface area contributed by atoms with Gasteiger partial charge >= 0.3 is 0 Å². The number of nitrogens with zero attached hydrogens (tertiary/aromatic N) is 1. The van der Waals surface area contributed by atoms with E-state index >= 15 is 0 Å². The number of likely N-dealkylation sites (N-methyl/N-ethyl adjacent to an activating group) is 1. The summed E-state index contributed by atoms with van der Waals surface area (Å²) in [5, 5.41) is 2.16. The molecule has 1 aliphatic rings. The molecule has 7 heteroatoms. The SMILES string of the molecule is CC(C(=O)N(C)CC1CNCCO1)S(C)(=O)=O. The van der Waals surface area contributed by atoms with Crippen LogP contribution in [0.1, 0.15) is 6.92 Å². The minimum atomic E-state index is -3.34. The Hall–Kier alpha value is -0.660. The van der Waals surface area contributed by atoms with E-state index in [-0.39, 0.29) is 12.0 Å². The summed E-state index contributed by atoms with van der Waals surface area (Å²) >= 11 is 0. The topological polar surface area (TPSA) is 75.7 Å². The number of amides is 1. The molecule has 100 valence electrons. The zero-order chi connectivity index (χ0) is 13.1. The molecule has 1 N–H and O–H groups in total. The van der Waals surface area contributed by atoms with Crippen LogP contribution in [0, 0.1) is 0 Å². The second kappa shape index (κ2) is 5.79. The van der Waals surface area contributed by atoms with Crippen LogP contribution in [0.25, 0.3) is 0 Å². The maximum absolute atomic E-state index is 11.8. The van der Waals surface area contributed by atoms with Gasteiger partial charge in [-0.2, -0.15) is 0 Å². The van der Waals surface area contributed by atoms with Crippen molar-refractivity contribution in [3.05, 3.63) is 0 Å². The molecule has 2 atom stereocenters. The Morgan fingerprint density at radius 3 is 2.71 bits per heavy atom. The van der Waals surface area contributed by atoms with Crippen molar-refractivity contribution in [3.63, 3.8) is 0 Å². The van der Waals surface area contributed by atoms with Gasteiger partial charge in [0.25, 0.3) is 0 Å². The second-order valence-electron chi connectivity index (χ2n) is 4.39. The van der Waals surface area contributed by atoms with Gasteiger partial charge in [0, 0.05) is 32.9 Å². The van der Waals surface area contributed by atoms with Gasteiger partial charge in [0.05, 0.1) is 12.7 Å². The molecule has 1 fully saturated rings. The van der Waals surface area contributed by atoms with E-state index < -0.39 is 15.1 Å². The fourth-order valence-electron chi connectivity index (χ4n) is 1.63. The first-order valence-corrected chi connectivity index (χ1v) is 7.54. The van der Waals surface area contributed by atoms with E-state index in [2.05, 4.69) is 5.32 Å². The molecule has 2 unspecified atom stereocenters. The number of carbonyl (C=O) groups excluding carboxylic acids is 1. The molecular formula is C10H20N2O4S. The standard InChI is InChI=1S/C10H20N2O4S/c1-8(17(3,14)15)10(13)12(2)7-9-6-11-4-5-16-9/h8-9,11H,4-7H2,1-3H3. The molecule has 6 nitrogen and oxygen atoms in total. The average Bonchev–Trinajstić information content (AvgIpc) is 2.27. The normalized spacial score (nSPS) is 23.1. The maximum Gasteiger partial charge on any atom is 0.240 e. The molecule has 1 rings (SSSR count). The van der Waals surface area contributed by atoms with E-state index in [1.165, 1.54) is 11.8 Å². The van der Waals surface area contributed by atoms with E-state index in [0.717, 1.165) is 12.8 Å². The number of hydrogen-bond acceptors (Lipinski definition) is 5. The van der Waals surface area contributed by atoms with Crippen molar-refractivity contribution in [1.82, 2.24) is 10.2 Å². The number of carbonyl (C=O) groups is 1. The number of sulfone groups is 1. The fourth-order valence-corrected chi connectivity index (χ4v) is 2.17. The maximum atomic E-state index is 11.8. The molecule has 0 aromatic heterocycles. The lowest BCUT2D eigenvalue weighted by Gasteiger charge is -2.29. The lowest BCUT2D eigenvalue weighted by molar-refractivity contribution is -0.131. The fraction of sp³-hybridized carbons (Fsp3) is 0.900. The highest BCUT2D eigenvalue weighted by Gasteiger charge is 2.28. The van der Waals surface area contributed by atoms with Crippen molar-refractivity contribution in [3.8, 4) is 0 Å². The molecule has 17 heavy (non-hydrogen) atoms. The molecule has 0 aliphatic carbocycles. The van der Waals surface area contributed by atoms with Crippen LogP contribution in [0.3, 0.4) is 0 Å². The number of rotatable bonds is 4. The Balaban J connectivity index is 2.51. The molecule has 0 spiro atoms. The number of ether oxygens (including phenoxy) is 1. The summed E-state index contributed by atoms with van der Waals surface area (Å²) in [6.07, 6.45) is 1.01. The van der Waals surface area contributed by atoms with Gasteiger partial charge in [0.1, 0.15) is 5.25 Å². The van der Waals surface area contributed by atoms with Gasteiger partial charge in [-0.3, -0.25) is 4.79 Å². The van der Waals surface area contributed by atoms with Crippen LogP contribution in [0.4, 0.5) is 0 Å². The van der Waals surface area contributed by atoms with E-state index in [0.29, 0.717) is 19.7 Å². The van der Waals surface area contributed by atoms with Crippen molar-refractivity contribution in [2.45, 2.75) is 18.3 Å². The average molecular weight is 264 g/mol. The van der Waals surface area contributed by atoms with Gasteiger partial charge in [-0.25, -0.2) is 8.42 Å². The summed E-state index contributed by atoms with van der Waals surface area (Å²) in [6.45, 7) is 3.94. The molecule has 1 heterocycles. The highest BCUT2D eigenvalue weighted by atomic mass is 32.2. The highest BCUT2D eigenvalue weighted by Crippen LogP contribution is 2.05. The predicted molar refractivity (Wildman–Crippen MR) is 64.6 cm³/mol. The minimum absolute atomic E-state index is 0.0653. The first kappa shape index (κ1) is 14.4. The summed E-state index contributed by atoms with van der Waals surface area (Å²) in [5.74, 6) is -0.387. The lowest BCUT2D eigenvalue weighted by Crippen LogP contribution is -2.48. The Morgan fingerprint density at radius 1 is 1.59 bits per heavy atom. The third kappa shape index (κ3) is 4.25. The third-order valence-corrected chi connectivity index (χ3v) is 4.33. The first-order valence-electron chi connectivity index (χ1n) is 5.58. The monoisotopic (exact) mass is 264 g/mol. The smallest absolute Gasteiger partial charge is 0.240 e. The van der Waals surface area contributed by atoms with E-state index in [4.69, 9.17) is 4.74 Å². The Labute approximate surface area is 102 Å². The molecule has 0 bridgehead atoms. The summed E-state index contributed by atoms with van der Waals surface area (Å²) in [7, 11) is -1.74. The Morgan fingerprint density at radius 2 is 2.24 bits per heavy atom. The molecule has 0 radical (unpaired) electrons. The molecule has 1 amide bonds. The van der Waals surface area contributed by atoms with Crippen molar-refractivity contribution < 1.29 is 17.9 Å². The summed E-state index contributed by atoms with van der Waals surface area (Å²) in [4.78, 5) is 13.3. The van der Waals surface area contributed by atoms with Crippen LogP contribution in [-0.2, 0) is 19.4 Å². The van der Waals surface area contributed by atoms with Crippen LogP contribution >= 0.6 is 0 Å². The van der Waals surface area contributed by atoms with Gasteiger partial charge in [0.2, 0.25) is 5.91 Å². The van der Waals surface area contributed by atoms with Crippen molar-refractivity contribution >= 4 is 15.7 Å². The van der Waals surface area contributed by atoms with Crippen LogP contribution in [0.5, 0.6) is 0 Å². The predicted octanol–water partition coefficient (Wildman–Crippen LogP) is -1.13. The molecule has 0 aromatic rings. The highest BCUT2D eigenvalue weighted by molar-refractivity contribution is 7.92. The third-order valence-electron chi connectivity index (χ3n) is 2.85. The molecule has 0 aromatic carbocycles. The summed E-state index contributed by atoms with van der Waals surface area (Å²) in [6, 6.07) is 0. The molecule has 1 saturated heterocycles. The van der Waals surface area contributed by atoms with Gasteiger partial charge in [0.15, 0.2) is 9.84 Å². The number of nitrogens with one attached hydrogen (secondary N) is 1. The molecule has 1 aliphatic heterocycles. The van der Waals surface area contributed by atoms with Crippen molar-refractivity contribution in [2.75, 3.05) is 39.5 Å². The minimum Gasteiger partial charge on any atom is -0.374 e. The summed E-state index contributed by atoms with van der Waals surface area (Å²) in [5.41, 5.74) is 0. The van der Waals surface area contributed by atoms with Crippen LogP contribution in [0.15, 0.2) is 0 Å². The van der Waals surface area contributed by atoms with E-state index in [1.54, 1.807) is 7.05 Å².